The summed E-state index contributed by atoms with van der Waals surface area (Å²) in [6.45, 7) is 4.03. The van der Waals surface area contributed by atoms with Gasteiger partial charge in [-0.1, -0.05) is 0 Å². The third-order valence-corrected chi connectivity index (χ3v) is 3.58. The molecule has 1 aromatic carbocycles. The van der Waals surface area contributed by atoms with E-state index in [1.54, 1.807) is 30.7 Å². The molecule has 2 rings (SSSR count). The lowest BCUT2D eigenvalue weighted by atomic mass is 10.2. The van der Waals surface area contributed by atoms with Gasteiger partial charge in [-0.25, -0.2) is 4.98 Å². The predicted octanol–water partition coefficient (Wildman–Crippen LogP) is 3.23. The van der Waals surface area contributed by atoms with Crippen molar-refractivity contribution in [1.82, 2.24) is 4.98 Å². The van der Waals surface area contributed by atoms with Crippen LogP contribution < -0.4 is 20.1 Å². The van der Waals surface area contributed by atoms with Gasteiger partial charge in [0.1, 0.15) is 17.2 Å². The van der Waals surface area contributed by atoms with Gasteiger partial charge in [-0.05, 0) is 26.0 Å². The third kappa shape index (κ3) is 3.88. The maximum absolute atomic E-state index is 12.3. The highest BCUT2D eigenvalue weighted by atomic mass is 32.1. The van der Waals surface area contributed by atoms with Crippen molar-refractivity contribution in [3.05, 3.63) is 29.3 Å². The molecule has 1 amide bonds. The van der Waals surface area contributed by atoms with Crippen molar-refractivity contribution in [3.8, 4) is 11.5 Å². The van der Waals surface area contributed by atoms with Gasteiger partial charge in [-0.3, -0.25) is 4.79 Å². The molecule has 0 radical (unpaired) electrons. The van der Waals surface area contributed by atoms with Crippen molar-refractivity contribution in [1.29, 1.82) is 0 Å². The minimum Gasteiger partial charge on any atom is -0.497 e. The zero-order valence-corrected chi connectivity index (χ0v) is 13.8. The zero-order valence-electron chi connectivity index (χ0n) is 13.0. The molecule has 2 aromatic rings. The standard InChI is InChI=1S/C15H19N3O3S/c1-9(2)16-15-18-12(8-22-15)14(19)17-11-6-5-10(20-3)7-13(11)21-4/h5-9H,1-4H3,(H,16,18)(H,17,19). The van der Waals surface area contributed by atoms with Crippen LogP contribution in [-0.4, -0.2) is 31.2 Å². The number of aromatic nitrogens is 1. The summed E-state index contributed by atoms with van der Waals surface area (Å²) in [4.78, 5) is 16.5. The maximum atomic E-state index is 12.3. The largest absolute Gasteiger partial charge is 0.497 e. The highest BCUT2D eigenvalue weighted by Crippen LogP contribution is 2.29. The molecule has 0 aliphatic heterocycles. The summed E-state index contributed by atoms with van der Waals surface area (Å²) in [6.07, 6.45) is 0. The Labute approximate surface area is 133 Å². The number of ether oxygens (including phenoxy) is 2. The first-order chi connectivity index (χ1) is 10.5. The Morgan fingerprint density at radius 2 is 2.05 bits per heavy atom. The maximum Gasteiger partial charge on any atom is 0.275 e. The number of hydrogen-bond acceptors (Lipinski definition) is 6. The lowest BCUT2D eigenvalue weighted by molar-refractivity contribution is 0.102. The van der Waals surface area contributed by atoms with Gasteiger partial charge in [-0.15, -0.1) is 11.3 Å². The van der Waals surface area contributed by atoms with Crippen LogP contribution in [-0.2, 0) is 0 Å². The molecule has 1 heterocycles. The molecule has 1 aromatic heterocycles. The van der Waals surface area contributed by atoms with Gasteiger partial charge >= 0.3 is 0 Å². The van der Waals surface area contributed by atoms with Crippen LogP contribution in [0.15, 0.2) is 23.6 Å². The Morgan fingerprint density at radius 1 is 1.27 bits per heavy atom. The first-order valence-electron chi connectivity index (χ1n) is 6.79. The minimum absolute atomic E-state index is 0.267. The van der Waals surface area contributed by atoms with Crippen LogP contribution in [0.2, 0.25) is 0 Å². The molecule has 0 saturated heterocycles. The molecular formula is C15H19N3O3S. The fourth-order valence-corrected chi connectivity index (χ4v) is 2.62. The Hall–Kier alpha value is -2.28. The molecule has 0 aliphatic rings. The number of benzene rings is 1. The smallest absolute Gasteiger partial charge is 0.275 e. The summed E-state index contributed by atoms with van der Waals surface area (Å²) >= 11 is 1.40. The quantitative estimate of drug-likeness (QED) is 0.854. The van der Waals surface area contributed by atoms with E-state index in [2.05, 4.69) is 15.6 Å². The van der Waals surface area contributed by atoms with Crippen molar-refractivity contribution >= 4 is 28.1 Å². The predicted molar refractivity (Wildman–Crippen MR) is 88.4 cm³/mol. The highest BCUT2D eigenvalue weighted by molar-refractivity contribution is 7.13. The number of thiazole rings is 1. The van der Waals surface area contributed by atoms with Gasteiger partial charge < -0.3 is 20.1 Å². The topological polar surface area (TPSA) is 72.5 Å². The molecule has 2 N–H and O–H groups in total. The van der Waals surface area contributed by atoms with E-state index in [-0.39, 0.29) is 11.9 Å². The number of carbonyl (C=O) groups excluding carboxylic acids is 1. The first-order valence-corrected chi connectivity index (χ1v) is 7.67. The van der Waals surface area contributed by atoms with Crippen LogP contribution in [0.4, 0.5) is 10.8 Å². The van der Waals surface area contributed by atoms with Gasteiger partial charge in [0, 0.05) is 17.5 Å². The van der Waals surface area contributed by atoms with E-state index in [9.17, 15) is 4.79 Å². The van der Waals surface area contributed by atoms with E-state index in [1.165, 1.54) is 18.4 Å². The molecule has 0 bridgehead atoms. The van der Waals surface area contributed by atoms with E-state index < -0.39 is 0 Å². The molecule has 0 fully saturated rings. The number of rotatable bonds is 6. The summed E-state index contributed by atoms with van der Waals surface area (Å²) in [5, 5.41) is 8.40. The van der Waals surface area contributed by atoms with E-state index in [4.69, 9.17) is 9.47 Å². The first kappa shape index (κ1) is 16.1. The number of carbonyl (C=O) groups is 1. The number of nitrogens with one attached hydrogen (secondary N) is 2. The number of nitrogens with zero attached hydrogens (tertiary/aromatic N) is 1. The van der Waals surface area contributed by atoms with Crippen molar-refractivity contribution in [3.63, 3.8) is 0 Å². The second kappa shape index (κ2) is 7.13. The lowest BCUT2D eigenvalue weighted by Crippen LogP contribution is -2.14. The van der Waals surface area contributed by atoms with Gasteiger partial charge in [0.05, 0.1) is 19.9 Å². The SMILES string of the molecule is COc1ccc(NC(=O)c2csc(NC(C)C)n2)c(OC)c1. The van der Waals surface area contributed by atoms with Gasteiger partial charge in [0.25, 0.3) is 5.91 Å². The van der Waals surface area contributed by atoms with Crippen LogP contribution in [0, 0.1) is 0 Å². The monoisotopic (exact) mass is 321 g/mol. The minimum atomic E-state index is -0.281. The molecule has 7 heteroatoms. The van der Waals surface area contributed by atoms with E-state index in [1.807, 2.05) is 13.8 Å². The highest BCUT2D eigenvalue weighted by Gasteiger charge is 2.14. The average molecular weight is 321 g/mol. The molecule has 118 valence electrons. The molecule has 0 saturated carbocycles. The lowest BCUT2D eigenvalue weighted by Gasteiger charge is -2.10. The summed E-state index contributed by atoms with van der Waals surface area (Å²) < 4.78 is 10.4. The molecule has 6 nitrogen and oxygen atoms in total. The average Bonchev–Trinajstić information content (AvgIpc) is 2.95. The van der Waals surface area contributed by atoms with Crippen molar-refractivity contribution < 1.29 is 14.3 Å². The van der Waals surface area contributed by atoms with E-state index >= 15 is 0 Å². The Balaban J connectivity index is 2.13. The second-order valence-corrected chi connectivity index (χ2v) is 5.72. The third-order valence-electron chi connectivity index (χ3n) is 2.81. The fourth-order valence-electron chi connectivity index (χ4n) is 1.78. The molecule has 22 heavy (non-hydrogen) atoms. The zero-order chi connectivity index (χ0) is 16.1. The van der Waals surface area contributed by atoms with Crippen molar-refractivity contribution in [2.45, 2.75) is 19.9 Å². The molecule has 0 unspecified atom stereocenters. The number of methoxy groups -OCH3 is 2. The number of anilines is 2. The van der Waals surface area contributed by atoms with Crippen molar-refractivity contribution in [2.75, 3.05) is 24.9 Å². The second-order valence-electron chi connectivity index (χ2n) is 4.86. The Morgan fingerprint density at radius 3 is 2.68 bits per heavy atom. The Bertz CT molecular complexity index is 655. The van der Waals surface area contributed by atoms with Gasteiger partial charge in [0.15, 0.2) is 5.13 Å². The van der Waals surface area contributed by atoms with Crippen LogP contribution in [0.5, 0.6) is 11.5 Å². The van der Waals surface area contributed by atoms with Crippen LogP contribution in [0.25, 0.3) is 0 Å². The van der Waals surface area contributed by atoms with Crippen LogP contribution >= 0.6 is 11.3 Å². The van der Waals surface area contributed by atoms with Gasteiger partial charge in [-0.2, -0.15) is 0 Å². The van der Waals surface area contributed by atoms with Crippen molar-refractivity contribution in [2.24, 2.45) is 0 Å². The molecule has 0 atom stereocenters. The fraction of sp³-hybridized carbons (Fsp3) is 0.333. The molecule has 0 spiro atoms. The number of hydrogen-bond donors (Lipinski definition) is 2. The summed E-state index contributed by atoms with van der Waals surface area (Å²) in [5.74, 6) is 0.909. The molecular weight excluding hydrogens is 302 g/mol. The van der Waals surface area contributed by atoms with Gasteiger partial charge in [0.2, 0.25) is 0 Å². The van der Waals surface area contributed by atoms with Crippen LogP contribution in [0.1, 0.15) is 24.3 Å². The van der Waals surface area contributed by atoms with E-state index in [0.717, 1.165) is 5.13 Å². The summed E-state index contributed by atoms with van der Waals surface area (Å²) in [7, 11) is 3.11. The summed E-state index contributed by atoms with van der Waals surface area (Å²) in [6, 6.07) is 5.46. The number of amides is 1. The van der Waals surface area contributed by atoms with Crippen LogP contribution in [0.3, 0.4) is 0 Å². The molecule has 0 aliphatic carbocycles. The summed E-state index contributed by atoms with van der Waals surface area (Å²) in [5.41, 5.74) is 0.936. The normalized spacial score (nSPS) is 10.4. The van der Waals surface area contributed by atoms with E-state index in [0.29, 0.717) is 22.9 Å². The Kier molecular flexibility index (Phi) is 5.21.